The van der Waals surface area contributed by atoms with E-state index < -0.39 is 6.04 Å². The van der Waals surface area contributed by atoms with Crippen LogP contribution in [0, 0.1) is 6.92 Å². The molecule has 0 fully saturated rings. The van der Waals surface area contributed by atoms with Crippen molar-refractivity contribution in [1.82, 2.24) is 15.1 Å². The maximum atomic E-state index is 13.6. The third-order valence-electron chi connectivity index (χ3n) is 6.27. The van der Waals surface area contributed by atoms with Crippen molar-refractivity contribution < 1.29 is 28.8 Å². The van der Waals surface area contributed by atoms with Gasteiger partial charge in [-0.15, -0.1) is 0 Å². The zero-order valence-corrected chi connectivity index (χ0v) is 21.5. The summed E-state index contributed by atoms with van der Waals surface area (Å²) in [4.78, 5) is 15.4. The van der Waals surface area contributed by atoms with Crippen molar-refractivity contribution in [2.24, 2.45) is 0 Å². The maximum Gasteiger partial charge on any atom is 0.273 e. The van der Waals surface area contributed by atoms with Crippen molar-refractivity contribution >= 4 is 5.91 Å². The molecule has 1 aromatic heterocycles. The van der Waals surface area contributed by atoms with Gasteiger partial charge in [0.1, 0.15) is 17.1 Å². The molecule has 2 N–H and O–H groups in total. The van der Waals surface area contributed by atoms with Gasteiger partial charge in [-0.05, 0) is 57.0 Å². The Balaban J connectivity index is 1.86. The van der Waals surface area contributed by atoms with E-state index in [0.717, 1.165) is 11.1 Å². The van der Waals surface area contributed by atoms with E-state index in [2.05, 4.69) is 10.2 Å². The van der Waals surface area contributed by atoms with Crippen LogP contribution in [0.4, 0.5) is 0 Å². The summed E-state index contributed by atoms with van der Waals surface area (Å²) in [6.45, 7) is 6.90. The minimum absolute atomic E-state index is 0.0924. The van der Waals surface area contributed by atoms with Gasteiger partial charge in [-0.2, -0.15) is 5.10 Å². The quantitative estimate of drug-likeness (QED) is 0.400. The van der Waals surface area contributed by atoms with Crippen LogP contribution in [0.5, 0.6) is 23.0 Å². The molecule has 1 unspecified atom stereocenters. The molecule has 2 heterocycles. The standard InChI is InChI=1S/C27H33N3O6/c1-15(2)36-11-7-10-30-25(17-13-20(33-4)26(35-6)21(14-17)34-5)22-23(28-29-24(22)27(30)32)18-12-16(3)8-9-19(18)31/h8-9,12-15,25,31H,7,10-11H2,1-6H3,(H,28,29). The van der Waals surface area contributed by atoms with Crippen molar-refractivity contribution in [3.05, 3.63) is 52.7 Å². The Morgan fingerprint density at radius 2 is 1.78 bits per heavy atom. The van der Waals surface area contributed by atoms with Crippen LogP contribution in [-0.4, -0.2) is 66.7 Å². The highest BCUT2D eigenvalue weighted by molar-refractivity contribution is 6.00. The Kier molecular flexibility index (Phi) is 7.40. The van der Waals surface area contributed by atoms with E-state index in [1.54, 1.807) is 32.3 Å². The van der Waals surface area contributed by atoms with Gasteiger partial charge in [0.2, 0.25) is 5.75 Å². The number of carbonyl (C=O) groups is 1. The number of ether oxygens (including phenoxy) is 4. The molecule has 0 saturated carbocycles. The average molecular weight is 496 g/mol. The van der Waals surface area contributed by atoms with E-state index in [0.29, 0.717) is 59.3 Å². The van der Waals surface area contributed by atoms with Crippen molar-refractivity contribution in [2.75, 3.05) is 34.5 Å². The van der Waals surface area contributed by atoms with Crippen molar-refractivity contribution in [3.8, 4) is 34.3 Å². The molecule has 1 aliphatic heterocycles. The smallest absolute Gasteiger partial charge is 0.273 e. The third kappa shape index (κ3) is 4.58. The molecule has 4 rings (SSSR count). The first-order valence-corrected chi connectivity index (χ1v) is 11.9. The number of phenolic OH excluding ortho intramolecular Hbond substituents is 1. The summed E-state index contributed by atoms with van der Waals surface area (Å²) in [5, 5.41) is 18.1. The van der Waals surface area contributed by atoms with Gasteiger partial charge in [-0.25, -0.2) is 0 Å². The first-order valence-electron chi connectivity index (χ1n) is 11.9. The Bertz CT molecular complexity index is 1230. The second kappa shape index (κ2) is 10.5. The number of amides is 1. The van der Waals surface area contributed by atoms with E-state index in [1.165, 1.54) is 0 Å². The lowest BCUT2D eigenvalue weighted by molar-refractivity contribution is 0.0601. The monoisotopic (exact) mass is 495 g/mol. The van der Waals surface area contributed by atoms with E-state index in [1.807, 2.05) is 45.0 Å². The van der Waals surface area contributed by atoms with Crippen LogP contribution in [0.25, 0.3) is 11.3 Å². The number of hydrogen-bond donors (Lipinski definition) is 2. The second-order valence-electron chi connectivity index (χ2n) is 9.01. The molecule has 1 atom stereocenters. The topological polar surface area (TPSA) is 106 Å². The number of nitrogens with zero attached hydrogens (tertiary/aromatic N) is 2. The van der Waals surface area contributed by atoms with Gasteiger partial charge in [-0.3, -0.25) is 9.89 Å². The fourth-order valence-electron chi connectivity index (χ4n) is 4.63. The number of carbonyl (C=O) groups excluding carboxylic acids is 1. The molecular formula is C27H33N3O6. The second-order valence-corrected chi connectivity index (χ2v) is 9.01. The molecule has 0 bridgehead atoms. The maximum absolute atomic E-state index is 13.6. The number of fused-ring (bicyclic) bond motifs is 1. The average Bonchev–Trinajstić information content (AvgIpc) is 3.40. The van der Waals surface area contributed by atoms with E-state index in [-0.39, 0.29) is 17.8 Å². The number of phenols is 1. The number of aromatic amines is 1. The van der Waals surface area contributed by atoms with Crippen LogP contribution < -0.4 is 14.2 Å². The van der Waals surface area contributed by atoms with Gasteiger partial charge in [-0.1, -0.05) is 11.6 Å². The molecule has 1 amide bonds. The lowest BCUT2D eigenvalue weighted by Crippen LogP contribution is -2.31. The number of benzene rings is 2. The number of nitrogens with one attached hydrogen (secondary N) is 1. The number of hydrogen-bond acceptors (Lipinski definition) is 7. The van der Waals surface area contributed by atoms with Crippen molar-refractivity contribution in [1.29, 1.82) is 0 Å². The summed E-state index contributed by atoms with van der Waals surface area (Å²) in [6.07, 6.45) is 0.770. The number of methoxy groups -OCH3 is 3. The summed E-state index contributed by atoms with van der Waals surface area (Å²) in [7, 11) is 4.66. The first kappa shape index (κ1) is 25.4. The first-order chi connectivity index (χ1) is 17.3. The summed E-state index contributed by atoms with van der Waals surface area (Å²) < 4.78 is 22.4. The summed E-state index contributed by atoms with van der Waals surface area (Å²) in [5.74, 6) is 1.36. The van der Waals surface area contributed by atoms with Gasteiger partial charge in [0, 0.05) is 24.3 Å². The van der Waals surface area contributed by atoms with Crippen LogP contribution >= 0.6 is 0 Å². The predicted molar refractivity (Wildman–Crippen MR) is 135 cm³/mol. The molecule has 192 valence electrons. The van der Waals surface area contributed by atoms with Gasteiger partial charge < -0.3 is 29.0 Å². The van der Waals surface area contributed by atoms with E-state index in [9.17, 15) is 9.90 Å². The zero-order chi connectivity index (χ0) is 26.0. The van der Waals surface area contributed by atoms with E-state index in [4.69, 9.17) is 18.9 Å². The molecule has 0 aliphatic carbocycles. The fraction of sp³-hybridized carbons (Fsp3) is 0.407. The Labute approximate surface area is 210 Å². The number of rotatable bonds is 10. The molecule has 9 heteroatoms. The lowest BCUT2D eigenvalue weighted by atomic mass is 9.94. The molecule has 36 heavy (non-hydrogen) atoms. The Hall–Kier alpha value is -3.72. The fourth-order valence-corrected chi connectivity index (χ4v) is 4.63. The van der Waals surface area contributed by atoms with E-state index >= 15 is 0 Å². The van der Waals surface area contributed by atoms with Crippen molar-refractivity contribution in [2.45, 2.75) is 39.3 Å². The zero-order valence-electron chi connectivity index (χ0n) is 21.5. The van der Waals surface area contributed by atoms with Gasteiger partial charge >= 0.3 is 0 Å². The molecule has 2 aromatic carbocycles. The van der Waals surface area contributed by atoms with Crippen molar-refractivity contribution in [3.63, 3.8) is 0 Å². The number of aromatic nitrogens is 2. The van der Waals surface area contributed by atoms with Crippen LogP contribution in [0.3, 0.4) is 0 Å². The molecular weight excluding hydrogens is 462 g/mol. The summed E-state index contributed by atoms with van der Waals surface area (Å²) in [5.41, 5.74) is 3.92. The normalized spacial score (nSPS) is 14.9. The Morgan fingerprint density at radius 3 is 2.39 bits per heavy atom. The molecule has 3 aromatic rings. The third-order valence-corrected chi connectivity index (χ3v) is 6.27. The number of aryl methyl sites for hydroxylation is 1. The lowest BCUT2D eigenvalue weighted by Gasteiger charge is -2.27. The van der Waals surface area contributed by atoms with Gasteiger partial charge in [0.15, 0.2) is 11.5 Å². The highest BCUT2D eigenvalue weighted by Crippen LogP contribution is 2.48. The SMILES string of the molecule is COc1cc(C2c3c(-c4cc(C)ccc4O)n[nH]c3C(=O)N2CCCOC(C)C)cc(OC)c1OC. The summed E-state index contributed by atoms with van der Waals surface area (Å²) >= 11 is 0. The van der Waals surface area contributed by atoms with Gasteiger partial charge in [0.25, 0.3) is 5.91 Å². The van der Waals surface area contributed by atoms with Crippen LogP contribution in [0.15, 0.2) is 30.3 Å². The number of H-pyrrole nitrogens is 1. The minimum Gasteiger partial charge on any atom is -0.507 e. The predicted octanol–water partition coefficient (Wildman–Crippen LogP) is 4.48. The molecule has 0 spiro atoms. The molecule has 9 nitrogen and oxygen atoms in total. The molecule has 0 saturated heterocycles. The van der Waals surface area contributed by atoms with Crippen LogP contribution in [0.2, 0.25) is 0 Å². The Morgan fingerprint density at radius 1 is 1.08 bits per heavy atom. The minimum atomic E-state index is -0.492. The highest BCUT2D eigenvalue weighted by atomic mass is 16.5. The summed E-state index contributed by atoms with van der Waals surface area (Å²) in [6, 6.07) is 8.53. The highest BCUT2D eigenvalue weighted by Gasteiger charge is 2.43. The van der Waals surface area contributed by atoms with Gasteiger partial charge in [0.05, 0.1) is 33.5 Å². The van der Waals surface area contributed by atoms with Crippen LogP contribution in [-0.2, 0) is 4.74 Å². The largest absolute Gasteiger partial charge is 0.507 e. The number of aromatic hydroxyl groups is 1. The molecule has 1 aliphatic rings. The molecule has 0 radical (unpaired) electrons. The van der Waals surface area contributed by atoms with Crippen LogP contribution in [0.1, 0.15) is 53.5 Å².